The van der Waals surface area contributed by atoms with Gasteiger partial charge in [-0.2, -0.15) is 0 Å². The number of aliphatic hydroxyl groups excluding tert-OH is 1. The number of ether oxygens (including phenoxy) is 1. The van der Waals surface area contributed by atoms with E-state index in [1.165, 1.54) is 25.7 Å². The van der Waals surface area contributed by atoms with Crippen LogP contribution in [0.2, 0.25) is 0 Å². The van der Waals surface area contributed by atoms with Crippen LogP contribution in [0.15, 0.2) is 12.1 Å². The summed E-state index contributed by atoms with van der Waals surface area (Å²) < 4.78 is 5.91. The summed E-state index contributed by atoms with van der Waals surface area (Å²) in [5.41, 5.74) is 1.31. The van der Waals surface area contributed by atoms with E-state index in [1.807, 2.05) is 6.07 Å². The van der Waals surface area contributed by atoms with Gasteiger partial charge in [0.05, 0.1) is 18.9 Å². The van der Waals surface area contributed by atoms with Crippen molar-refractivity contribution in [1.29, 1.82) is 0 Å². The third-order valence-electron chi connectivity index (χ3n) is 4.32. The van der Waals surface area contributed by atoms with Crippen molar-refractivity contribution in [3.63, 3.8) is 0 Å². The van der Waals surface area contributed by atoms with Gasteiger partial charge < -0.3 is 20.1 Å². The zero-order valence-electron chi connectivity index (χ0n) is 13.6. The van der Waals surface area contributed by atoms with Gasteiger partial charge in [0, 0.05) is 19.1 Å². The molecule has 3 rings (SSSR count). The quantitative estimate of drug-likeness (QED) is 0.798. The van der Waals surface area contributed by atoms with Gasteiger partial charge in [-0.1, -0.05) is 0 Å². The van der Waals surface area contributed by atoms with E-state index in [0.29, 0.717) is 24.1 Å². The average molecular weight is 319 g/mol. The van der Waals surface area contributed by atoms with Gasteiger partial charge in [0.1, 0.15) is 5.69 Å². The number of hydrogen-bond acceptors (Lipinski definition) is 5. The lowest BCUT2D eigenvalue weighted by molar-refractivity contribution is 0.0916. The highest BCUT2D eigenvalue weighted by Gasteiger charge is 2.25. The highest BCUT2D eigenvalue weighted by molar-refractivity contribution is 5.93. The molecule has 1 amide bonds. The fourth-order valence-electron chi connectivity index (χ4n) is 2.69. The van der Waals surface area contributed by atoms with E-state index in [2.05, 4.69) is 15.2 Å². The molecule has 0 bridgehead atoms. The first kappa shape index (κ1) is 16.1. The molecule has 2 fully saturated rings. The lowest BCUT2D eigenvalue weighted by Crippen LogP contribution is -2.35. The number of anilines is 1. The van der Waals surface area contributed by atoms with Crippen molar-refractivity contribution in [2.24, 2.45) is 5.92 Å². The van der Waals surface area contributed by atoms with Gasteiger partial charge >= 0.3 is 0 Å². The van der Waals surface area contributed by atoms with Crippen LogP contribution < -0.4 is 15.0 Å². The average Bonchev–Trinajstić information content (AvgIpc) is 3.24. The second kappa shape index (κ2) is 7.17. The summed E-state index contributed by atoms with van der Waals surface area (Å²) in [6.07, 6.45) is 4.79. The summed E-state index contributed by atoms with van der Waals surface area (Å²) in [5, 5.41) is 11.8. The SMILES string of the molecule is C[C@@H](CO)NC(=O)c1ccc(N2CCCC2)c(OCC2CC2)n1. The molecule has 1 atom stereocenters. The van der Waals surface area contributed by atoms with Gasteiger partial charge in [0.15, 0.2) is 0 Å². The fraction of sp³-hybridized carbons (Fsp3) is 0.647. The third-order valence-corrected chi connectivity index (χ3v) is 4.32. The molecule has 0 spiro atoms. The van der Waals surface area contributed by atoms with E-state index in [4.69, 9.17) is 9.84 Å². The van der Waals surface area contributed by atoms with Crippen LogP contribution in [0.5, 0.6) is 5.88 Å². The summed E-state index contributed by atoms with van der Waals surface area (Å²) in [6, 6.07) is 3.37. The molecule has 23 heavy (non-hydrogen) atoms. The number of rotatable bonds is 7. The topological polar surface area (TPSA) is 74.7 Å². The number of aliphatic hydroxyl groups is 1. The molecule has 0 radical (unpaired) electrons. The smallest absolute Gasteiger partial charge is 0.270 e. The minimum absolute atomic E-state index is 0.0946. The van der Waals surface area contributed by atoms with Crippen LogP contribution in [0, 0.1) is 5.92 Å². The Balaban J connectivity index is 1.77. The molecule has 2 N–H and O–H groups in total. The van der Waals surface area contributed by atoms with Crippen LogP contribution >= 0.6 is 0 Å². The van der Waals surface area contributed by atoms with Crippen molar-refractivity contribution in [2.75, 3.05) is 31.2 Å². The van der Waals surface area contributed by atoms with Crippen LogP contribution in [-0.2, 0) is 0 Å². The molecule has 0 aromatic carbocycles. The number of hydrogen-bond donors (Lipinski definition) is 2. The Morgan fingerprint density at radius 1 is 1.43 bits per heavy atom. The van der Waals surface area contributed by atoms with Gasteiger partial charge in [0.25, 0.3) is 5.91 Å². The van der Waals surface area contributed by atoms with Crippen molar-refractivity contribution >= 4 is 11.6 Å². The van der Waals surface area contributed by atoms with E-state index in [1.54, 1.807) is 13.0 Å². The monoisotopic (exact) mass is 319 g/mol. The van der Waals surface area contributed by atoms with E-state index in [9.17, 15) is 4.79 Å². The molecule has 6 nitrogen and oxygen atoms in total. The Bertz CT molecular complexity index is 554. The Hall–Kier alpha value is -1.82. The van der Waals surface area contributed by atoms with E-state index in [-0.39, 0.29) is 18.6 Å². The standard InChI is InChI=1S/C17H25N3O3/c1-12(10-21)18-16(22)14-6-7-15(20-8-2-3-9-20)17(19-14)23-11-13-4-5-13/h6-7,12-13,21H,2-5,8-11H2,1H3,(H,18,22)/t12-/m0/s1. The lowest BCUT2D eigenvalue weighted by atomic mass is 10.2. The highest BCUT2D eigenvalue weighted by atomic mass is 16.5. The molecule has 1 aromatic heterocycles. The van der Waals surface area contributed by atoms with Crippen molar-refractivity contribution in [3.8, 4) is 5.88 Å². The molecule has 1 aliphatic heterocycles. The molecule has 2 aliphatic rings. The molecular weight excluding hydrogens is 294 g/mol. The normalized spacial score (nSPS) is 18.8. The van der Waals surface area contributed by atoms with Crippen molar-refractivity contribution in [3.05, 3.63) is 17.8 Å². The summed E-state index contributed by atoms with van der Waals surface area (Å²) in [6.45, 7) is 4.35. The predicted octanol–water partition coefficient (Wildman–Crippen LogP) is 1.58. The van der Waals surface area contributed by atoms with Gasteiger partial charge in [0.2, 0.25) is 5.88 Å². The molecule has 1 aliphatic carbocycles. The second-order valence-electron chi connectivity index (χ2n) is 6.53. The number of carbonyl (C=O) groups excluding carboxylic acids is 1. The summed E-state index contributed by atoms with van der Waals surface area (Å²) in [4.78, 5) is 18.9. The van der Waals surface area contributed by atoms with E-state index in [0.717, 1.165) is 18.8 Å². The highest BCUT2D eigenvalue weighted by Crippen LogP contribution is 2.33. The van der Waals surface area contributed by atoms with Crippen molar-refractivity contribution in [2.45, 2.75) is 38.6 Å². The third kappa shape index (κ3) is 4.13. The predicted molar refractivity (Wildman–Crippen MR) is 87.9 cm³/mol. The zero-order chi connectivity index (χ0) is 16.2. The van der Waals surface area contributed by atoms with Crippen LogP contribution in [0.1, 0.15) is 43.1 Å². The number of nitrogens with zero attached hydrogens (tertiary/aromatic N) is 2. The molecule has 6 heteroatoms. The Labute approximate surface area is 136 Å². The van der Waals surface area contributed by atoms with E-state index < -0.39 is 0 Å². The summed E-state index contributed by atoms with van der Waals surface area (Å²) >= 11 is 0. The zero-order valence-corrected chi connectivity index (χ0v) is 13.6. The largest absolute Gasteiger partial charge is 0.476 e. The fourth-order valence-corrected chi connectivity index (χ4v) is 2.69. The van der Waals surface area contributed by atoms with Gasteiger partial charge in [-0.05, 0) is 50.7 Å². The molecule has 1 saturated heterocycles. The summed E-state index contributed by atoms with van der Waals surface area (Å²) in [7, 11) is 0. The van der Waals surface area contributed by atoms with Crippen LogP contribution in [0.3, 0.4) is 0 Å². The van der Waals surface area contributed by atoms with Crippen molar-refractivity contribution < 1.29 is 14.6 Å². The Kier molecular flexibility index (Phi) is 5.00. The van der Waals surface area contributed by atoms with E-state index >= 15 is 0 Å². The molecule has 0 unspecified atom stereocenters. The molecular formula is C17H25N3O3. The van der Waals surface area contributed by atoms with Crippen LogP contribution in [-0.4, -0.2) is 48.3 Å². The minimum Gasteiger partial charge on any atom is -0.476 e. The maximum Gasteiger partial charge on any atom is 0.270 e. The van der Waals surface area contributed by atoms with Gasteiger partial charge in [-0.15, -0.1) is 0 Å². The first-order valence-electron chi connectivity index (χ1n) is 8.48. The summed E-state index contributed by atoms with van der Waals surface area (Å²) in [5.74, 6) is 0.911. The molecule has 2 heterocycles. The van der Waals surface area contributed by atoms with Crippen molar-refractivity contribution in [1.82, 2.24) is 10.3 Å². The second-order valence-corrected chi connectivity index (χ2v) is 6.53. The number of nitrogens with one attached hydrogen (secondary N) is 1. The lowest BCUT2D eigenvalue weighted by Gasteiger charge is -2.21. The number of pyridine rings is 1. The number of carbonyl (C=O) groups is 1. The Morgan fingerprint density at radius 3 is 2.83 bits per heavy atom. The first-order valence-corrected chi connectivity index (χ1v) is 8.48. The number of aromatic nitrogens is 1. The van der Waals surface area contributed by atoms with Gasteiger partial charge in [-0.25, -0.2) is 4.98 Å². The van der Waals surface area contributed by atoms with Crippen LogP contribution in [0.4, 0.5) is 5.69 Å². The minimum atomic E-state index is -0.293. The maximum atomic E-state index is 12.2. The maximum absolute atomic E-state index is 12.2. The van der Waals surface area contributed by atoms with Crippen LogP contribution in [0.25, 0.3) is 0 Å². The molecule has 1 saturated carbocycles. The Morgan fingerprint density at radius 2 is 2.17 bits per heavy atom. The van der Waals surface area contributed by atoms with Gasteiger partial charge in [-0.3, -0.25) is 4.79 Å². The number of amides is 1. The molecule has 126 valence electrons. The molecule has 1 aromatic rings. The first-order chi connectivity index (χ1) is 11.2.